The van der Waals surface area contributed by atoms with Gasteiger partial charge in [0.1, 0.15) is 5.75 Å². The molecule has 0 amide bonds. The van der Waals surface area contributed by atoms with Crippen LogP contribution in [0.4, 0.5) is 0 Å². The molecule has 2 nitrogen and oxygen atoms in total. The summed E-state index contributed by atoms with van der Waals surface area (Å²) in [6, 6.07) is 6.09. The Hall–Kier alpha value is -1.02. The predicted octanol–water partition coefficient (Wildman–Crippen LogP) is 3.09. The summed E-state index contributed by atoms with van der Waals surface area (Å²) < 4.78 is 5.18. The molecule has 1 N–H and O–H groups in total. The molecular formula is C13H20O2. The molecule has 0 unspecified atom stereocenters. The summed E-state index contributed by atoms with van der Waals surface area (Å²) >= 11 is 0. The third kappa shape index (κ3) is 2.72. The minimum Gasteiger partial charge on any atom is -0.496 e. The first kappa shape index (κ1) is 12.1. The normalized spacial score (nSPS) is 10.7. The summed E-state index contributed by atoms with van der Waals surface area (Å²) in [5, 5.41) is 9.22. The fourth-order valence-corrected chi connectivity index (χ4v) is 1.94. The van der Waals surface area contributed by atoms with E-state index in [1.807, 2.05) is 6.07 Å². The van der Waals surface area contributed by atoms with Crippen LogP contribution in [0.2, 0.25) is 0 Å². The van der Waals surface area contributed by atoms with Gasteiger partial charge in [0.15, 0.2) is 0 Å². The van der Waals surface area contributed by atoms with Crippen LogP contribution in [0.25, 0.3) is 0 Å². The fraction of sp³-hybridized carbons (Fsp3) is 0.538. The van der Waals surface area contributed by atoms with Gasteiger partial charge in [0, 0.05) is 5.56 Å². The Morgan fingerprint density at radius 3 is 2.40 bits per heavy atom. The van der Waals surface area contributed by atoms with E-state index in [9.17, 15) is 5.11 Å². The Balaban J connectivity index is 3.01. The zero-order valence-electron chi connectivity index (χ0n) is 9.79. The molecule has 0 saturated heterocycles. The molecule has 84 valence electrons. The molecule has 2 heteroatoms. The Bertz CT molecular complexity index is 303. The van der Waals surface area contributed by atoms with Crippen molar-refractivity contribution in [1.82, 2.24) is 0 Å². The highest BCUT2D eigenvalue weighted by atomic mass is 16.5. The quantitative estimate of drug-likeness (QED) is 0.805. The highest BCUT2D eigenvalue weighted by Crippen LogP contribution is 2.28. The van der Waals surface area contributed by atoms with Gasteiger partial charge in [-0.15, -0.1) is 0 Å². The molecule has 15 heavy (non-hydrogen) atoms. The average Bonchev–Trinajstić information content (AvgIpc) is 2.30. The lowest BCUT2D eigenvalue weighted by Crippen LogP contribution is -1.99. The van der Waals surface area contributed by atoms with E-state index in [-0.39, 0.29) is 6.61 Å². The third-order valence-corrected chi connectivity index (χ3v) is 2.93. The number of aliphatic hydroxyl groups excluding tert-OH is 1. The van der Waals surface area contributed by atoms with Gasteiger partial charge >= 0.3 is 0 Å². The lowest BCUT2D eigenvalue weighted by molar-refractivity contribution is 0.273. The largest absolute Gasteiger partial charge is 0.496 e. The van der Waals surface area contributed by atoms with Crippen LogP contribution in [0.15, 0.2) is 18.2 Å². The van der Waals surface area contributed by atoms with Gasteiger partial charge in [-0.3, -0.25) is 0 Å². The highest BCUT2D eigenvalue weighted by molar-refractivity contribution is 5.38. The predicted molar refractivity (Wildman–Crippen MR) is 62.2 cm³/mol. The molecule has 0 atom stereocenters. The zero-order chi connectivity index (χ0) is 11.3. The van der Waals surface area contributed by atoms with Crippen LogP contribution in [0.1, 0.15) is 43.7 Å². The smallest absolute Gasteiger partial charge is 0.124 e. The molecular weight excluding hydrogens is 188 g/mol. The summed E-state index contributed by atoms with van der Waals surface area (Å²) in [5.41, 5.74) is 2.17. The number of hydrogen-bond acceptors (Lipinski definition) is 2. The Labute approximate surface area is 91.9 Å². The Kier molecular flexibility index (Phi) is 4.63. The lowest BCUT2D eigenvalue weighted by atomic mass is 9.92. The van der Waals surface area contributed by atoms with E-state index < -0.39 is 0 Å². The van der Waals surface area contributed by atoms with Gasteiger partial charge in [0.05, 0.1) is 13.7 Å². The van der Waals surface area contributed by atoms with E-state index in [0.29, 0.717) is 5.92 Å². The van der Waals surface area contributed by atoms with E-state index in [1.165, 1.54) is 5.56 Å². The molecule has 1 aromatic rings. The number of methoxy groups -OCH3 is 1. The maximum atomic E-state index is 9.22. The molecule has 0 heterocycles. The Morgan fingerprint density at radius 1 is 1.27 bits per heavy atom. The molecule has 0 saturated carbocycles. The minimum atomic E-state index is 0.0389. The number of ether oxygens (including phenoxy) is 1. The van der Waals surface area contributed by atoms with Crippen LogP contribution in [0.5, 0.6) is 5.75 Å². The van der Waals surface area contributed by atoms with E-state index in [2.05, 4.69) is 26.0 Å². The molecule has 0 aliphatic rings. The molecule has 1 aromatic carbocycles. The van der Waals surface area contributed by atoms with Crippen LogP contribution in [-0.4, -0.2) is 12.2 Å². The van der Waals surface area contributed by atoms with E-state index >= 15 is 0 Å². The van der Waals surface area contributed by atoms with Crippen molar-refractivity contribution >= 4 is 0 Å². The summed E-state index contributed by atoms with van der Waals surface area (Å²) in [5.74, 6) is 1.36. The van der Waals surface area contributed by atoms with Crippen LogP contribution in [-0.2, 0) is 6.61 Å². The second-order valence-electron chi connectivity index (χ2n) is 3.74. The number of benzene rings is 1. The van der Waals surface area contributed by atoms with Crippen LogP contribution in [0.3, 0.4) is 0 Å². The minimum absolute atomic E-state index is 0.0389. The van der Waals surface area contributed by atoms with E-state index in [1.54, 1.807) is 7.11 Å². The van der Waals surface area contributed by atoms with E-state index in [0.717, 1.165) is 24.2 Å². The molecule has 0 spiro atoms. The first-order valence-corrected chi connectivity index (χ1v) is 5.54. The van der Waals surface area contributed by atoms with Gasteiger partial charge in [-0.1, -0.05) is 19.9 Å². The molecule has 0 radical (unpaired) electrons. The second kappa shape index (κ2) is 5.76. The fourth-order valence-electron chi connectivity index (χ4n) is 1.94. The molecule has 0 aromatic heterocycles. The monoisotopic (exact) mass is 208 g/mol. The molecule has 0 bridgehead atoms. The van der Waals surface area contributed by atoms with Crippen molar-refractivity contribution in [3.05, 3.63) is 29.3 Å². The van der Waals surface area contributed by atoms with E-state index in [4.69, 9.17) is 4.74 Å². The number of hydrogen-bond donors (Lipinski definition) is 1. The Morgan fingerprint density at radius 2 is 1.93 bits per heavy atom. The third-order valence-electron chi connectivity index (χ3n) is 2.93. The molecule has 0 aliphatic heterocycles. The van der Waals surface area contributed by atoms with Crippen molar-refractivity contribution < 1.29 is 9.84 Å². The van der Waals surface area contributed by atoms with Crippen LogP contribution in [0, 0.1) is 0 Å². The van der Waals surface area contributed by atoms with Gasteiger partial charge in [-0.2, -0.15) is 0 Å². The standard InChI is InChI=1S/C13H20O2/c1-4-10(5-2)11-6-7-13(15-3)12(8-11)9-14/h6-8,10,14H,4-5,9H2,1-3H3. The van der Waals surface area contributed by atoms with Crippen molar-refractivity contribution in [2.45, 2.75) is 39.2 Å². The maximum Gasteiger partial charge on any atom is 0.124 e. The SMILES string of the molecule is CCC(CC)c1ccc(OC)c(CO)c1. The summed E-state index contributed by atoms with van der Waals surface area (Å²) in [7, 11) is 1.63. The van der Waals surface area contributed by atoms with Crippen molar-refractivity contribution in [1.29, 1.82) is 0 Å². The second-order valence-corrected chi connectivity index (χ2v) is 3.74. The van der Waals surface area contributed by atoms with Crippen molar-refractivity contribution in [3.8, 4) is 5.75 Å². The van der Waals surface area contributed by atoms with Gasteiger partial charge in [0.2, 0.25) is 0 Å². The van der Waals surface area contributed by atoms with Crippen molar-refractivity contribution in [2.75, 3.05) is 7.11 Å². The van der Waals surface area contributed by atoms with Gasteiger partial charge in [-0.25, -0.2) is 0 Å². The topological polar surface area (TPSA) is 29.5 Å². The molecule has 1 rings (SSSR count). The van der Waals surface area contributed by atoms with Gasteiger partial charge in [0.25, 0.3) is 0 Å². The maximum absolute atomic E-state index is 9.22. The van der Waals surface area contributed by atoms with Crippen molar-refractivity contribution in [3.63, 3.8) is 0 Å². The first-order chi connectivity index (χ1) is 7.26. The summed E-state index contributed by atoms with van der Waals surface area (Å²) in [6.45, 7) is 4.42. The molecule has 0 aliphatic carbocycles. The van der Waals surface area contributed by atoms with Gasteiger partial charge < -0.3 is 9.84 Å². The summed E-state index contributed by atoms with van der Waals surface area (Å²) in [6.07, 6.45) is 2.27. The van der Waals surface area contributed by atoms with Crippen LogP contribution < -0.4 is 4.74 Å². The lowest BCUT2D eigenvalue weighted by Gasteiger charge is -2.15. The first-order valence-electron chi connectivity index (χ1n) is 5.54. The van der Waals surface area contributed by atoms with Crippen molar-refractivity contribution in [2.24, 2.45) is 0 Å². The number of rotatable bonds is 5. The zero-order valence-corrected chi connectivity index (χ0v) is 9.79. The molecule has 0 fully saturated rings. The number of aliphatic hydroxyl groups is 1. The highest BCUT2D eigenvalue weighted by Gasteiger charge is 2.09. The summed E-state index contributed by atoms with van der Waals surface area (Å²) in [4.78, 5) is 0. The average molecular weight is 208 g/mol. The van der Waals surface area contributed by atoms with Gasteiger partial charge in [-0.05, 0) is 36.5 Å². The van der Waals surface area contributed by atoms with Crippen LogP contribution >= 0.6 is 0 Å².